The van der Waals surface area contributed by atoms with Crippen molar-refractivity contribution in [2.24, 2.45) is 0 Å². The summed E-state index contributed by atoms with van der Waals surface area (Å²) in [5.74, 6) is 0. The molecule has 0 heterocycles. The number of aliphatic hydroxyl groups excluding tert-OH is 1. The summed E-state index contributed by atoms with van der Waals surface area (Å²) in [5.41, 5.74) is 0. The van der Waals surface area contributed by atoms with E-state index in [2.05, 4.69) is 39.9 Å². The summed E-state index contributed by atoms with van der Waals surface area (Å²) in [6, 6.07) is 0.197. The number of rotatable bonds is 17. The Bertz CT molecular complexity index is 257. The summed E-state index contributed by atoms with van der Waals surface area (Å²) in [5, 5.41) is 13.1. The van der Waals surface area contributed by atoms with E-state index in [1.807, 2.05) is 90.0 Å². The summed E-state index contributed by atoms with van der Waals surface area (Å²) in [6.45, 7) is 40.3. The molecule has 0 spiro atoms. The van der Waals surface area contributed by atoms with E-state index in [4.69, 9.17) is 14.2 Å². The molecule has 0 aliphatic heterocycles. The van der Waals surface area contributed by atoms with Crippen molar-refractivity contribution in [2.75, 3.05) is 39.6 Å². The Morgan fingerprint density at radius 2 is 1.03 bits per heavy atom. The molecule has 38 heavy (non-hydrogen) atoms. The molecule has 5 nitrogen and oxygen atoms in total. The van der Waals surface area contributed by atoms with E-state index in [1.165, 1.54) is 25.7 Å². The third-order valence-corrected chi connectivity index (χ3v) is 3.49. The minimum atomic E-state index is -0.464. The van der Waals surface area contributed by atoms with Crippen LogP contribution in [0.2, 0.25) is 0 Å². The fourth-order valence-corrected chi connectivity index (χ4v) is 2.06. The van der Waals surface area contributed by atoms with Crippen molar-refractivity contribution in [1.82, 2.24) is 5.32 Å². The molecule has 3 atom stereocenters. The van der Waals surface area contributed by atoms with Crippen LogP contribution >= 0.6 is 0 Å². The summed E-state index contributed by atoms with van der Waals surface area (Å²) in [7, 11) is 0. The number of unbranched alkanes of at least 4 members (excludes halogenated alkanes) is 3. The Morgan fingerprint density at radius 3 is 1.45 bits per heavy atom. The maximum absolute atomic E-state index is 9.87. The number of hydrogen-bond acceptors (Lipinski definition) is 5. The van der Waals surface area contributed by atoms with Crippen LogP contribution in [0, 0.1) is 0 Å². The van der Waals surface area contributed by atoms with E-state index < -0.39 is 6.10 Å². The van der Waals surface area contributed by atoms with Gasteiger partial charge < -0.3 is 24.6 Å². The molecule has 0 aliphatic carbocycles. The van der Waals surface area contributed by atoms with E-state index in [1.54, 1.807) is 0 Å². The van der Waals surface area contributed by atoms with Crippen molar-refractivity contribution in [1.29, 1.82) is 0 Å². The van der Waals surface area contributed by atoms with Crippen LogP contribution < -0.4 is 5.32 Å². The molecular weight excluding hydrogens is 474 g/mol. The number of nitrogens with one attached hydrogen (secondary N) is 1. The Kier molecular flexibility index (Phi) is 116. The lowest BCUT2D eigenvalue weighted by molar-refractivity contribution is -0.0150. The molecule has 5 heteroatoms. The van der Waals surface area contributed by atoms with Crippen LogP contribution in [0.5, 0.6) is 0 Å². The summed E-state index contributed by atoms with van der Waals surface area (Å²) >= 11 is 0. The molecule has 0 aliphatic rings. The first-order chi connectivity index (χ1) is 18.5. The quantitative estimate of drug-likeness (QED) is 0.174. The van der Waals surface area contributed by atoms with Gasteiger partial charge in [-0.15, -0.1) is 0 Å². The Hall–Kier alpha value is -0.200. The predicted octanol–water partition coefficient (Wildman–Crippen LogP) is 10.3. The van der Waals surface area contributed by atoms with Crippen LogP contribution in [0.4, 0.5) is 0 Å². The van der Waals surface area contributed by atoms with E-state index in [0.29, 0.717) is 26.4 Å². The van der Waals surface area contributed by atoms with Gasteiger partial charge in [0.2, 0.25) is 0 Å². The zero-order chi connectivity index (χ0) is 32.0. The highest BCUT2D eigenvalue weighted by Gasteiger charge is 2.09. The largest absolute Gasteiger partial charge is 0.389 e. The van der Waals surface area contributed by atoms with Gasteiger partial charge in [-0.2, -0.15) is 0 Å². The van der Waals surface area contributed by atoms with Gasteiger partial charge in [0.15, 0.2) is 0 Å². The third-order valence-electron chi connectivity index (χ3n) is 3.49. The Labute approximate surface area is 245 Å². The van der Waals surface area contributed by atoms with Crippen molar-refractivity contribution in [3.63, 3.8) is 0 Å². The average Bonchev–Trinajstić information content (AvgIpc) is 2.99. The topological polar surface area (TPSA) is 60.0 Å². The second-order valence-corrected chi connectivity index (χ2v) is 7.02. The smallest absolute Gasteiger partial charge is 0.0897 e. The van der Waals surface area contributed by atoms with Crippen molar-refractivity contribution in [3.8, 4) is 0 Å². The molecule has 0 aromatic carbocycles. The molecule has 0 saturated heterocycles. The third kappa shape index (κ3) is 83.4. The van der Waals surface area contributed by atoms with Gasteiger partial charge in [0, 0.05) is 25.8 Å². The summed E-state index contributed by atoms with van der Waals surface area (Å²) < 4.78 is 16.7. The van der Waals surface area contributed by atoms with Gasteiger partial charge >= 0.3 is 0 Å². The standard InChI is InChI=1S/C18H39NO4.C3H8.6C2H6/c1-5-7-8-9-11-22-15-18(20)12-19-16(3)13-23-17(4)14-21-10-6-2;1-3-2;6*1-2/h16-20H,5-15H2,1-4H3;3H2,1-2H3;6*1-2H3. The van der Waals surface area contributed by atoms with Crippen LogP contribution in [0.1, 0.15) is 163 Å². The molecule has 0 rings (SSSR count). The SMILES string of the molecule is CC.CC.CC.CC.CC.CC.CCC.CCCCCCOCC(O)CNC(C)COC(C)COCCC. The Morgan fingerprint density at radius 1 is 0.579 bits per heavy atom. The lowest BCUT2D eigenvalue weighted by Crippen LogP contribution is -2.39. The van der Waals surface area contributed by atoms with Gasteiger partial charge in [-0.1, -0.05) is 136 Å². The molecule has 0 bridgehead atoms. The summed E-state index contributed by atoms with van der Waals surface area (Å²) in [6.07, 6.45) is 6.69. The first-order valence-electron chi connectivity index (χ1n) is 16.7. The van der Waals surface area contributed by atoms with Crippen LogP contribution in [0.3, 0.4) is 0 Å². The number of ether oxygens (including phenoxy) is 3. The predicted molar refractivity (Wildman–Crippen MR) is 179 cm³/mol. The Balaban J connectivity index is -0.0000000845. The molecule has 0 saturated carbocycles. The van der Waals surface area contributed by atoms with Crippen LogP contribution in [-0.2, 0) is 14.2 Å². The zero-order valence-electron chi connectivity index (χ0n) is 30.4. The highest BCUT2D eigenvalue weighted by Crippen LogP contribution is 1.99. The molecule has 0 aromatic rings. The highest BCUT2D eigenvalue weighted by atomic mass is 16.5. The van der Waals surface area contributed by atoms with Crippen molar-refractivity contribution in [2.45, 2.75) is 181 Å². The summed E-state index contributed by atoms with van der Waals surface area (Å²) in [4.78, 5) is 0. The molecule has 0 amide bonds. The van der Waals surface area contributed by atoms with Gasteiger partial charge in [-0.25, -0.2) is 0 Å². The minimum absolute atomic E-state index is 0.0992. The van der Waals surface area contributed by atoms with Crippen molar-refractivity contribution >= 4 is 0 Å². The van der Waals surface area contributed by atoms with Crippen molar-refractivity contribution in [3.05, 3.63) is 0 Å². The zero-order valence-corrected chi connectivity index (χ0v) is 30.4. The first-order valence-corrected chi connectivity index (χ1v) is 16.7. The first kappa shape index (κ1) is 57.6. The van der Waals surface area contributed by atoms with Gasteiger partial charge in [0.25, 0.3) is 0 Å². The van der Waals surface area contributed by atoms with E-state index >= 15 is 0 Å². The van der Waals surface area contributed by atoms with E-state index in [9.17, 15) is 5.11 Å². The maximum atomic E-state index is 9.87. The lowest BCUT2D eigenvalue weighted by atomic mass is 10.2. The second kappa shape index (κ2) is 76.7. The van der Waals surface area contributed by atoms with Gasteiger partial charge in [0.1, 0.15) is 0 Å². The fourth-order valence-electron chi connectivity index (χ4n) is 2.06. The molecular formula is C33H83NO4. The van der Waals surface area contributed by atoms with Crippen LogP contribution in [0.15, 0.2) is 0 Å². The monoisotopic (exact) mass is 558 g/mol. The van der Waals surface area contributed by atoms with Crippen LogP contribution in [0.25, 0.3) is 0 Å². The molecule has 0 radical (unpaired) electrons. The second-order valence-electron chi connectivity index (χ2n) is 7.02. The number of aliphatic hydroxyl groups is 1. The molecule has 3 unspecified atom stereocenters. The molecule has 0 aromatic heterocycles. The van der Waals surface area contributed by atoms with Gasteiger partial charge in [-0.05, 0) is 26.7 Å². The highest BCUT2D eigenvalue weighted by molar-refractivity contribution is 4.65. The van der Waals surface area contributed by atoms with Crippen LogP contribution in [-0.4, -0.2) is 62.9 Å². The molecule has 0 fully saturated rings. The molecule has 2 N–H and O–H groups in total. The average molecular weight is 558 g/mol. The lowest BCUT2D eigenvalue weighted by Gasteiger charge is -2.20. The number of hydrogen-bond donors (Lipinski definition) is 2. The van der Waals surface area contributed by atoms with Gasteiger partial charge in [0.05, 0.1) is 32.0 Å². The van der Waals surface area contributed by atoms with E-state index in [-0.39, 0.29) is 12.1 Å². The minimum Gasteiger partial charge on any atom is -0.389 e. The fraction of sp³-hybridized carbons (Fsp3) is 1.00. The van der Waals surface area contributed by atoms with E-state index in [0.717, 1.165) is 26.1 Å². The maximum Gasteiger partial charge on any atom is 0.0897 e. The van der Waals surface area contributed by atoms with Crippen molar-refractivity contribution < 1.29 is 19.3 Å². The van der Waals surface area contributed by atoms with Gasteiger partial charge in [-0.3, -0.25) is 0 Å². The normalized spacial score (nSPS) is 10.8. The molecule has 244 valence electrons.